The molecule has 1 aromatic carbocycles. The van der Waals surface area contributed by atoms with Crippen molar-refractivity contribution in [2.75, 3.05) is 0 Å². The molecule has 2 rings (SSSR count). The van der Waals surface area contributed by atoms with E-state index in [2.05, 4.69) is 14.9 Å². The summed E-state index contributed by atoms with van der Waals surface area (Å²) in [6.45, 7) is 2.11. The number of nitrogens with one attached hydrogen (secondary N) is 1. The molecule has 0 aliphatic rings. The summed E-state index contributed by atoms with van der Waals surface area (Å²) < 4.78 is 3.77. The van der Waals surface area contributed by atoms with Crippen LogP contribution in [0.15, 0.2) is 24.3 Å². The molecule has 19 heavy (non-hydrogen) atoms. The minimum Gasteiger partial charge on any atom is -0.378 e. The molecular weight excluding hydrogens is 286 g/mol. The maximum Gasteiger partial charge on any atom is 0.253 e. The number of benzene rings is 1. The highest BCUT2D eigenvalue weighted by molar-refractivity contribution is 7.05. The second-order valence-electron chi connectivity index (χ2n) is 3.92. The van der Waals surface area contributed by atoms with Gasteiger partial charge in [-0.15, -0.1) is 5.10 Å². The van der Waals surface area contributed by atoms with E-state index in [0.717, 1.165) is 10.6 Å². The summed E-state index contributed by atoms with van der Waals surface area (Å²) in [7, 11) is 0. The molecule has 1 amide bonds. The van der Waals surface area contributed by atoms with Crippen LogP contribution in [0, 0.1) is 6.92 Å². The molecule has 2 aromatic rings. The maximum atomic E-state index is 11.8. The van der Waals surface area contributed by atoms with Crippen molar-refractivity contribution in [2.24, 2.45) is 0 Å². The number of rotatable bonds is 4. The molecule has 5 nitrogen and oxygen atoms in total. The van der Waals surface area contributed by atoms with E-state index < -0.39 is 12.0 Å². The largest absolute Gasteiger partial charge is 0.378 e. The van der Waals surface area contributed by atoms with Gasteiger partial charge < -0.3 is 10.4 Å². The van der Waals surface area contributed by atoms with E-state index in [1.807, 2.05) is 6.92 Å². The van der Waals surface area contributed by atoms with Gasteiger partial charge in [-0.3, -0.25) is 4.79 Å². The molecule has 0 aliphatic heterocycles. The van der Waals surface area contributed by atoms with Crippen molar-refractivity contribution in [3.8, 4) is 0 Å². The summed E-state index contributed by atoms with van der Waals surface area (Å²) in [6, 6.07) is 6.70. The summed E-state index contributed by atoms with van der Waals surface area (Å²) in [6.07, 6.45) is -1.28. The van der Waals surface area contributed by atoms with Gasteiger partial charge in [0.2, 0.25) is 0 Å². The van der Waals surface area contributed by atoms with Gasteiger partial charge in [0.05, 0.1) is 17.1 Å². The standard InChI is InChI=1S/C12H12ClN3O2S/c1-7-10(19-16-15-7)6-14-12(18)11(17)8-4-2-3-5-9(8)13/h2-5,11,17H,6H2,1H3,(H,14,18). The topological polar surface area (TPSA) is 75.1 Å². The summed E-state index contributed by atoms with van der Waals surface area (Å²) >= 11 is 7.15. The van der Waals surface area contributed by atoms with Crippen LogP contribution in [0.4, 0.5) is 0 Å². The highest BCUT2D eigenvalue weighted by atomic mass is 35.5. The van der Waals surface area contributed by atoms with Gasteiger partial charge in [-0.05, 0) is 24.5 Å². The minimum atomic E-state index is -1.28. The third-order valence-corrected chi connectivity index (χ3v) is 3.78. The first kappa shape index (κ1) is 13.9. The minimum absolute atomic E-state index is 0.295. The fourth-order valence-electron chi connectivity index (χ4n) is 1.52. The molecule has 0 saturated heterocycles. The lowest BCUT2D eigenvalue weighted by atomic mass is 10.1. The van der Waals surface area contributed by atoms with Crippen LogP contribution >= 0.6 is 23.1 Å². The van der Waals surface area contributed by atoms with E-state index in [4.69, 9.17) is 11.6 Å². The van der Waals surface area contributed by atoms with Gasteiger partial charge >= 0.3 is 0 Å². The number of halogens is 1. The number of carbonyl (C=O) groups excluding carboxylic acids is 1. The Morgan fingerprint density at radius 1 is 1.53 bits per heavy atom. The first-order valence-corrected chi connectivity index (χ1v) is 6.72. The van der Waals surface area contributed by atoms with Crippen molar-refractivity contribution in [3.63, 3.8) is 0 Å². The summed E-state index contributed by atoms with van der Waals surface area (Å²) in [5.74, 6) is -0.499. The molecule has 0 fully saturated rings. The Morgan fingerprint density at radius 2 is 2.26 bits per heavy atom. The Hall–Kier alpha value is -1.50. The van der Waals surface area contributed by atoms with Crippen molar-refractivity contribution < 1.29 is 9.90 Å². The highest BCUT2D eigenvalue weighted by Crippen LogP contribution is 2.22. The predicted octanol–water partition coefficient (Wildman–Crippen LogP) is 1.85. The van der Waals surface area contributed by atoms with Crippen LogP contribution in [0.1, 0.15) is 22.2 Å². The molecule has 1 aromatic heterocycles. The summed E-state index contributed by atoms with van der Waals surface area (Å²) in [5, 5.41) is 16.8. The first-order valence-electron chi connectivity index (χ1n) is 5.57. The number of aromatic nitrogens is 2. The normalized spacial score (nSPS) is 12.2. The fraction of sp³-hybridized carbons (Fsp3) is 0.250. The van der Waals surface area contributed by atoms with Crippen molar-refractivity contribution >= 4 is 29.0 Å². The lowest BCUT2D eigenvalue weighted by Crippen LogP contribution is -2.28. The lowest BCUT2D eigenvalue weighted by molar-refractivity contribution is -0.129. The van der Waals surface area contributed by atoms with Crippen molar-refractivity contribution in [1.82, 2.24) is 14.9 Å². The molecule has 1 heterocycles. The van der Waals surface area contributed by atoms with Crippen LogP contribution in [-0.2, 0) is 11.3 Å². The Labute approximate surface area is 119 Å². The molecule has 1 atom stereocenters. The van der Waals surface area contributed by atoms with Gasteiger partial charge in [0.25, 0.3) is 5.91 Å². The van der Waals surface area contributed by atoms with Gasteiger partial charge in [0, 0.05) is 10.6 Å². The number of amides is 1. The van der Waals surface area contributed by atoms with Crippen molar-refractivity contribution in [3.05, 3.63) is 45.4 Å². The molecule has 1 unspecified atom stereocenters. The Bertz CT molecular complexity index is 588. The van der Waals surface area contributed by atoms with Crippen LogP contribution in [0.25, 0.3) is 0 Å². The maximum absolute atomic E-state index is 11.8. The first-order chi connectivity index (χ1) is 9.09. The third kappa shape index (κ3) is 3.28. The quantitative estimate of drug-likeness (QED) is 0.903. The Morgan fingerprint density at radius 3 is 2.89 bits per heavy atom. The van der Waals surface area contributed by atoms with Crippen LogP contribution < -0.4 is 5.32 Å². The number of aliphatic hydroxyl groups excluding tert-OH is 1. The van der Waals surface area contributed by atoms with Crippen molar-refractivity contribution in [1.29, 1.82) is 0 Å². The Balaban J connectivity index is 2.01. The van der Waals surface area contributed by atoms with E-state index >= 15 is 0 Å². The summed E-state index contributed by atoms with van der Waals surface area (Å²) in [5.41, 5.74) is 1.17. The number of hydrogen-bond donors (Lipinski definition) is 2. The lowest BCUT2D eigenvalue weighted by Gasteiger charge is -2.12. The van der Waals surface area contributed by atoms with E-state index in [-0.39, 0.29) is 0 Å². The molecule has 2 N–H and O–H groups in total. The number of aryl methyl sites for hydroxylation is 1. The van der Waals surface area contributed by atoms with E-state index in [0.29, 0.717) is 17.1 Å². The predicted molar refractivity (Wildman–Crippen MR) is 72.9 cm³/mol. The molecule has 7 heteroatoms. The van der Waals surface area contributed by atoms with Crippen LogP contribution in [-0.4, -0.2) is 20.6 Å². The molecule has 0 radical (unpaired) electrons. The van der Waals surface area contributed by atoms with Crippen LogP contribution in [0.3, 0.4) is 0 Å². The number of hydrogen-bond acceptors (Lipinski definition) is 5. The van der Waals surface area contributed by atoms with Gasteiger partial charge in [0.1, 0.15) is 0 Å². The number of carbonyl (C=O) groups is 1. The zero-order valence-corrected chi connectivity index (χ0v) is 11.7. The zero-order chi connectivity index (χ0) is 13.8. The zero-order valence-electron chi connectivity index (χ0n) is 10.1. The number of aliphatic hydroxyl groups is 1. The second kappa shape index (κ2) is 6.10. The Kier molecular flexibility index (Phi) is 4.47. The molecule has 0 aliphatic carbocycles. The van der Waals surface area contributed by atoms with E-state index in [1.165, 1.54) is 11.5 Å². The molecule has 0 spiro atoms. The average molecular weight is 298 g/mol. The monoisotopic (exact) mass is 297 g/mol. The molecule has 0 saturated carbocycles. The smallest absolute Gasteiger partial charge is 0.253 e. The van der Waals surface area contributed by atoms with Crippen LogP contribution in [0.5, 0.6) is 0 Å². The number of nitrogens with zero attached hydrogens (tertiary/aromatic N) is 2. The third-order valence-electron chi connectivity index (χ3n) is 2.62. The van der Waals surface area contributed by atoms with Gasteiger partial charge in [-0.2, -0.15) is 0 Å². The summed E-state index contributed by atoms with van der Waals surface area (Å²) in [4.78, 5) is 12.7. The van der Waals surface area contributed by atoms with E-state index in [1.54, 1.807) is 24.3 Å². The van der Waals surface area contributed by atoms with Gasteiger partial charge in [0.15, 0.2) is 6.10 Å². The van der Waals surface area contributed by atoms with Crippen LogP contribution in [0.2, 0.25) is 5.02 Å². The SMILES string of the molecule is Cc1nnsc1CNC(=O)C(O)c1ccccc1Cl. The molecule has 100 valence electrons. The molecular formula is C12H12ClN3O2S. The van der Waals surface area contributed by atoms with Crippen molar-refractivity contribution in [2.45, 2.75) is 19.6 Å². The van der Waals surface area contributed by atoms with Gasteiger partial charge in [-0.25, -0.2) is 0 Å². The van der Waals surface area contributed by atoms with E-state index in [9.17, 15) is 9.90 Å². The average Bonchev–Trinajstić information content (AvgIpc) is 2.81. The fourth-order valence-corrected chi connectivity index (χ4v) is 2.33. The highest BCUT2D eigenvalue weighted by Gasteiger charge is 2.19. The molecule has 0 bridgehead atoms. The second-order valence-corrected chi connectivity index (χ2v) is 5.17. The van der Waals surface area contributed by atoms with Gasteiger partial charge in [-0.1, -0.05) is 34.3 Å².